The molecule has 4 aliphatic rings. The lowest BCUT2D eigenvalue weighted by atomic mass is 9.69. The highest BCUT2D eigenvalue weighted by Crippen LogP contribution is 2.55. The van der Waals surface area contributed by atoms with Gasteiger partial charge in [0.25, 0.3) is 11.5 Å². The summed E-state index contributed by atoms with van der Waals surface area (Å²) in [5.74, 6) is 0.238. The third-order valence-electron chi connectivity index (χ3n) is 7.28. The smallest absolute Gasteiger partial charge is 0.274 e. The summed E-state index contributed by atoms with van der Waals surface area (Å²) in [7, 11) is 0. The van der Waals surface area contributed by atoms with Crippen LogP contribution >= 0.6 is 0 Å². The number of ether oxygens (including phenoxy) is 2. The molecule has 2 atom stereocenters. The Morgan fingerprint density at radius 3 is 2.76 bits per heavy atom. The van der Waals surface area contributed by atoms with Crippen LogP contribution in [0.25, 0.3) is 11.0 Å². The molecule has 9 heteroatoms. The molecule has 0 spiro atoms. The highest BCUT2D eigenvalue weighted by atomic mass is 16.5. The van der Waals surface area contributed by atoms with Gasteiger partial charge in [0.05, 0.1) is 23.9 Å². The van der Waals surface area contributed by atoms with Gasteiger partial charge < -0.3 is 19.4 Å². The summed E-state index contributed by atoms with van der Waals surface area (Å²) >= 11 is 0. The van der Waals surface area contributed by atoms with E-state index in [2.05, 4.69) is 24.1 Å². The van der Waals surface area contributed by atoms with E-state index >= 15 is 0 Å². The summed E-state index contributed by atoms with van der Waals surface area (Å²) < 4.78 is 15.4. The molecule has 9 nitrogen and oxygen atoms in total. The van der Waals surface area contributed by atoms with Crippen molar-refractivity contribution in [2.75, 3.05) is 11.9 Å². The summed E-state index contributed by atoms with van der Waals surface area (Å²) in [5, 5.41) is 8.24. The van der Waals surface area contributed by atoms with Gasteiger partial charge in [0.15, 0.2) is 5.65 Å². The minimum Gasteiger partial charge on any atom is -0.474 e. The molecule has 1 amide bonds. The number of pyridine rings is 2. The van der Waals surface area contributed by atoms with Crippen molar-refractivity contribution in [3.8, 4) is 5.88 Å². The topological polar surface area (TPSA) is 100 Å². The third kappa shape index (κ3) is 3.33. The van der Waals surface area contributed by atoms with Gasteiger partial charge >= 0.3 is 0 Å². The average molecular weight is 464 g/mol. The molecule has 1 N–H and O–H groups in total. The van der Waals surface area contributed by atoms with Gasteiger partial charge in [-0.1, -0.05) is 6.92 Å². The molecule has 3 aromatic rings. The summed E-state index contributed by atoms with van der Waals surface area (Å²) in [6.07, 6.45) is 6.32. The lowest BCUT2D eigenvalue weighted by Crippen LogP contribution is -2.49. The zero-order valence-corrected chi connectivity index (χ0v) is 19.9. The monoisotopic (exact) mass is 463 g/mol. The number of carbonyl (C=O) groups is 1. The van der Waals surface area contributed by atoms with Crippen LogP contribution in [0.5, 0.6) is 5.88 Å². The summed E-state index contributed by atoms with van der Waals surface area (Å²) in [6, 6.07) is 5.35. The number of hydrogen-bond donors (Lipinski definition) is 1. The number of carbonyl (C=O) groups excluding carboxylic acids is 1. The minimum absolute atomic E-state index is 0.0661. The van der Waals surface area contributed by atoms with E-state index in [-0.39, 0.29) is 46.0 Å². The van der Waals surface area contributed by atoms with Gasteiger partial charge in [-0.3, -0.25) is 14.3 Å². The first kappa shape index (κ1) is 21.3. The number of anilines is 1. The lowest BCUT2D eigenvalue weighted by molar-refractivity contribution is 0.00381. The second-order valence-electron chi connectivity index (χ2n) is 10.7. The van der Waals surface area contributed by atoms with Crippen molar-refractivity contribution in [2.45, 2.75) is 70.2 Å². The van der Waals surface area contributed by atoms with E-state index in [0.717, 1.165) is 24.6 Å². The average Bonchev–Trinajstić information content (AvgIpc) is 3.08. The molecule has 3 aromatic heterocycles. The molecule has 2 bridgehead atoms. The molecular weight excluding hydrogens is 434 g/mol. The highest BCUT2D eigenvalue weighted by Gasteiger charge is 2.61. The predicted octanol–water partition coefficient (Wildman–Crippen LogP) is 3.49. The van der Waals surface area contributed by atoms with Gasteiger partial charge in [0.2, 0.25) is 5.88 Å². The maximum Gasteiger partial charge on any atom is 0.274 e. The third-order valence-corrected chi connectivity index (χ3v) is 7.28. The van der Waals surface area contributed by atoms with Gasteiger partial charge in [-0.05, 0) is 51.3 Å². The fourth-order valence-corrected chi connectivity index (χ4v) is 5.49. The van der Waals surface area contributed by atoms with Crippen LogP contribution in [0.1, 0.15) is 63.4 Å². The van der Waals surface area contributed by atoms with Crippen molar-refractivity contribution >= 4 is 22.6 Å². The van der Waals surface area contributed by atoms with Gasteiger partial charge in [0, 0.05) is 36.7 Å². The van der Waals surface area contributed by atoms with Crippen molar-refractivity contribution in [1.29, 1.82) is 0 Å². The van der Waals surface area contributed by atoms with Crippen LogP contribution in [-0.2, 0) is 10.3 Å². The molecule has 2 saturated heterocycles. The largest absolute Gasteiger partial charge is 0.474 e. The molecule has 0 radical (unpaired) electrons. The molecule has 34 heavy (non-hydrogen) atoms. The van der Waals surface area contributed by atoms with Crippen LogP contribution in [0.2, 0.25) is 0 Å². The predicted molar refractivity (Wildman–Crippen MR) is 126 cm³/mol. The molecular formula is C25H29N5O4. The Labute approximate surface area is 197 Å². The van der Waals surface area contributed by atoms with Gasteiger partial charge in [0.1, 0.15) is 11.3 Å². The number of amides is 1. The Morgan fingerprint density at radius 2 is 2.12 bits per heavy atom. The van der Waals surface area contributed by atoms with Crippen LogP contribution in [0.3, 0.4) is 0 Å². The Kier molecular flexibility index (Phi) is 4.49. The van der Waals surface area contributed by atoms with Crippen molar-refractivity contribution in [1.82, 2.24) is 19.3 Å². The molecule has 0 aromatic carbocycles. The van der Waals surface area contributed by atoms with Crippen LogP contribution < -0.4 is 15.6 Å². The van der Waals surface area contributed by atoms with Crippen molar-refractivity contribution in [3.63, 3.8) is 0 Å². The van der Waals surface area contributed by atoms with Crippen LogP contribution in [-0.4, -0.2) is 43.6 Å². The second-order valence-corrected chi connectivity index (χ2v) is 10.7. The quantitative estimate of drug-likeness (QED) is 0.601. The Bertz CT molecular complexity index is 1370. The lowest BCUT2D eigenvalue weighted by Gasteiger charge is -2.42. The Morgan fingerprint density at radius 1 is 1.35 bits per heavy atom. The first-order valence-corrected chi connectivity index (χ1v) is 11.9. The van der Waals surface area contributed by atoms with Gasteiger partial charge in [-0.2, -0.15) is 10.1 Å². The number of fused-ring (bicyclic) bond motifs is 2. The van der Waals surface area contributed by atoms with E-state index in [4.69, 9.17) is 14.6 Å². The Balaban J connectivity index is 1.35. The number of nitrogens with one attached hydrogen (secondary N) is 1. The summed E-state index contributed by atoms with van der Waals surface area (Å²) in [6.45, 7) is 8.62. The molecule has 178 valence electrons. The number of nitrogens with zero attached hydrogens (tertiary/aromatic N) is 4. The standard InChI is InChI=1S/C25H29N5O4/c1-14(2)34-22-17(21(31)26-18-6-5-7-29(23(18)32)19-8-15(19)3)9-16-10-30(28-20(16)27-22)25-11-24(4,12-25)33-13-25/h5-7,9-10,14-15,19H,8,11-13H2,1-4H3,(H,26,31)/t15-,19?,24?,25?/m0/s1. The normalized spacial score (nSPS) is 29.3. The van der Waals surface area contributed by atoms with Crippen LogP contribution in [0, 0.1) is 5.92 Å². The van der Waals surface area contributed by atoms with E-state index < -0.39 is 5.91 Å². The van der Waals surface area contributed by atoms with Gasteiger partial charge in [-0.25, -0.2) is 0 Å². The Hall–Kier alpha value is -3.20. The molecule has 2 aliphatic heterocycles. The second kappa shape index (κ2) is 7.15. The summed E-state index contributed by atoms with van der Waals surface area (Å²) in [4.78, 5) is 30.8. The number of rotatable bonds is 6. The number of hydrogen-bond acceptors (Lipinski definition) is 6. The van der Waals surface area contributed by atoms with Gasteiger partial charge in [-0.15, -0.1) is 0 Å². The van der Waals surface area contributed by atoms with Crippen molar-refractivity contribution < 1.29 is 14.3 Å². The van der Waals surface area contributed by atoms with E-state index in [9.17, 15) is 9.59 Å². The fraction of sp³-hybridized carbons (Fsp3) is 0.520. The van der Waals surface area contributed by atoms with Crippen LogP contribution in [0.15, 0.2) is 35.4 Å². The minimum atomic E-state index is -0.435. The van der Waals surface area contributed by atoms with E-state index in [1.165, 1.54) is 0 Å². The van der Waals surface area contributed by atoms with E-state index in [1.807, 2.05) is 24.7 Å². The molecule has 7 rings (SSSR count). The SMILES string of the molecule is CC(C)Oc1nc2nn(C34COC(C)(C3)C4)cc2cc1C(=O)Nc1cccn(C2C[C@@H]2C)c1=O. The zero-order valence-electron chi connectivity index (χ0n) is 19.9. The van der Waals surface area contributed by atoms with E-state index in [0.29, 0.717) is 18.2 Å². The molecule has 1 unspecified atom stereocenters. The van der Waals surface area contributed by atoms with E-state index in [1.54, 1.807) is 29.0 Å². The maximum atomic E-state index is 13.3. The summed E-state index contributed by atoms with van der Waals surface area (Å²) in [5.41, 5.74) is 0.622. The molecule has 4 fully saturated rings. The molecule has 2 saturated carbocycles. The van der Waals surface area contributed by atoms with Crippen molar-refractivity contribution in [2.24, 2.45) is 5.92 Å². The number of aromatic nitrogens is 4. The molecule has 2 aliphatic carbocycles. The molecule has 5 heterocycles. The fourth-order valence-electron chi connectivity index (χ4n) is 5.49. The maximum absolute atomic E-state index is 13.3. The van der Waals surface area contributed by atoms with Crippen LogP contribution in [0.4, 0.5) is 5.69 Å². The zero-order chi connectivity index (χ0) is 23.8. The van der Waals surface area contributed by atoms with Crippen molar-refractivity contribution in [3.05, 3.63) is 46.5 Å². The highest BCUT2D eigenvalue weighted by molar-refractivity contribution is 6.07. The first-order chi connectivity index (χ1) is 16.2. The first-order valence-electron chi connectivity index (χ1n) is 11.9.